The first-order valence-corrected chi connectivity index (χ1v) is 7.94. The van der Waals surface area contributed by atoms with Gasteiger partial charge >= 0.3 is 0 Å². The van der Waals surface area contributed by atoms with Crippen molar-refractivity contribution in [3.8, 4) is 0 Å². The normalized spacial score (nSPS) is 22.6. The fourth-order valence-corrected chi connectivity index (χ4v) is 3.20. The summed E-state index contributed by atoms with van der Waals surface area (Å²) in [6.07, 6.45) is 1.03. The topological polar surface area (TPSA) is 46.6 Å². The molecule has 17 heavy (non-hydrogen) atoms. The number of ether oxygens (including phenoxy) is 1. The molecule has 1 aromatic rings. The van der Waals surface area contributed by atoms with E-state index in [4.69, 9.17) is 4.74 Å². The van der Waals surface area contributed by atoms with Crippen LogP contribution < -0.4 is 0 Å². The molecule has 0 radical (unpaired) electrons. The molecule has 94 valence electrons. The molecule has 1 aliphatic rings. The predicted octanol–water partition coefficient (Wildman–Crippen LogP) is 1.78. The van der Waals surface area contributed by atoms with Gasteiger partial charge < -0.3 is 4.74 Å². The van der Waals surface area contributed by atoms with E-state index < -0.39 is 10.0 Å². The van der Waals surface area contributed by atoms with E-state index in [0.717, 1.165) is 10.0 Å². The smallest absolute Gasteiger partial charge is 0.211 e. The molecule has 2 rings (SSSR count). The highest BCUT2D eigenvalue weighted by Crippen LogP contribution is 2.29. The average Bonchev–Trinajstić information content (AvgIpc) is 2.29. The lowest BCUT2D eigenvalue weighted by Gasteiger charge is -2.31. The molecule has 1 saturated heterocycles. The minimum atomic E-state index is -3.14. The van der Waals surface area contributed by atoms with E-state index in [1.807, 2.05) is 24.3 Å². The van der Waals surface area contributed by atoms with E-state index in [2.05, 4.69) is 15.9 Å². The molecule has 1 aliphatic heterocycles. The Bertz CT molecular complexity index is 503. The third-order valence-corrected chi connectivity index (χ3v) is 4.74. The van der Waals surface area contributed by atoms with Gasteiger partial charge in [-0.15, -0.1) is 0 Å². The molecular weight excluding hydrogens is 306 g/mol. The lowest BCUT2D eigenvalue weighted by Crippen LogP contribution is -2.41. The number of benzene rings is 1. The fraction of sp³-hybridized carbons (Fsp3) is 0.455. The van der Waals surface area contributed by atoms with Crippen LogP contribution >= 0.6 is 15.9 Å². The van der Waals surface area contributed by atoms with Crippen LogP contribution in [0.25, 0.3) is 0 Å². The summed E-state index contributed by atoms with van der Waals surface area (Å²) in [5, 5.41) is 0. The molecular formula is C11H14BrNO3S. The molecule has 6 heteroatoms. The minimum Gasteiger partial charge on any atom is -0.371 e. The molecule has 1 heterocycles. The maximum atomic E-state index is 11.5. The van der Waals surface area contributed by atoms with Crippen molar-refractivity contribution in [1.82, 2.24) is 4.31 Å². The second-order valence-electron chi connectivity index (χ2n) is 4.00. The number of hydrogen-bond donors (Lipinski definition) is 0. The summed E-state index contributed by atoms with van der Waals surface area (Å²) in [5.74, 6) is 0. The van der Waals surface area contributed by atoms with Crippen molar-refractivity contribution in [1.29, 1.82) is 0 Å². The van der Waals surface area contributed by atoms with E-state index in [1.165, 1.54) is 10.6 Å². The van der Waals surface area contributed by atoms with Crippen molar-refractivity contribution in [3.05, 3.63) is 34.3 Å². The van der Waals surface area contributed by atoms with Gasteiger partial charge in [0.05, 0.1) is 19.0 Å². The van der Waals surface area contributed by atoms with Crippen LogP contribution in [0.2, 0.25) is 0 Å². The predicted molar refractivity (Wildman–Crippen MR) is 69.3 cm³/mol. The summed E-state index contributed by atoms with van der Waals surface area (Å²) < 4.78 is 31.1. The van der Waals surface area contributed by atoms with Gasteiger partial charge in [0.2, 0.25) is 10.0 Å². The van der Waals surface area contributed by atoms with Crippen LogP contribution in [0.5, 0.6) is 0 Å². The van der Waals surface area contributed by atoms with Crippen LogP contribution in [0.1, 0.15) is 11.7 Å². The Morgan fingerprint density at radius 2 is 2.12 bits per heavy atom. The Labute approximate surface area is 110 Å². The highest BCUT2D eigenvalue weighted by atomic mass is 79.9. The van der Waals surface area contributed by atoms with Gasteiger partial charge in [-0.3, -0.25) is 0 Å². The van der Waals surface area contributed by atoms with Crippen LogP contribution in [-0.4, -0.2) is 38.7 Å². The summed E-state index contributed by atoms with van der Waals surface area (Å²) >= 11 is 3.45. The molecule has 1 aromatic carbocycles. The molecule has 1 fully saturated rings. The number of nitrogens with zero attached hydrogens (tertiary/aromatic N) is 1. The Morgan fingerprint density at radius 3 is 2.76 bits per heavy atom. The summed E-state index contributed by atoms with van der Waals surface area (Å²) in [4.78, 5) is 0. The maximum Gasteiger partial charge on any atom is 0.211 e. The first kappa shape index (κ1) is 13.0. The molecule has 0 saturated carbocycles. The van der Waals surface area contributed by atoms with Crippen molar-refractivity contribution >= 4 is 26.0 Å². The Balaban J connectivity index is 2.21. The van der Waals surface area contributed by atoms with E-state index >= 15 is 0 Å². The molecule has 0 bridgehead atoms. The zero-order chi connectivity index (χ0) is 12.5. The lowest BCUT2D eigenvalue weighted by atomic mass is 10.1. The fourth-order valence-electron chi connectivity index (χ4n) is 1.85. The maximum absolute atomic E-state index is 11.5. The van der Waals surface area contributed by atoms with Crippen LogP contribution in [0.3, 0.4) is 0 Å². The number of hydrogen-bond acceptors (Lipinski definition) is 3. The van der Waals surface area contributed by atoms with Crippen molar-refractivity contribution in [2.24, 2.45) is 0 Å². The van der Waals surface area contributed by atoms with E-state index in [9.17, 15) is 8.42 Å². The van der Waals surface area contributed by atoms with Crippen molar-refractivity contribution in [3.63, 3.8) is 0 Å². The molecule has 0 aliphatic carbocycles. The van der Waals surface area contributed by atoms with Gasteiger partial charge in [-0.1, -0.05) is 34.1 Å². The highest BCUT2D eigenvalue weighted by molar-refractivity contribution is 9.10. The second-order valence-corrected chi connectivity index (χ2v) is 6.84. The molecule has 1 atom stereocenters. The lowest BCUT2D eigenvalue weighted by molar-refractivity contribution is -0.00273. The molecule has 0 amide bonds. The first-order valence-electron chi connectivity index (χ1n) is 5.29. The third-order valence-electron chi connectivity index (χ3n) is 2.75. The van der Waals surface area contributed by atoms with Crippen LogP contribution in [0, 0.1) is 0 Å². The summed E-state index contributed by atoms with van der Waals surface area (Å²) in [6, 6.07) is 7.71. The summed E-state index contributed by atoms with van der Waals surface area (Å²) in [6.45, 7) is 1.24. The molecule has 0 aromatic heterocycles. The highest BCUT2D eigenvalue weighted by Gasteiger charge is 2.28. The summed E-state index contributed by atoms with van der Waals surface area (Å²) in [5.41, 5.74) is 0.987. The Morgan fingerprint density at radius 1 is 1.41 bits per heavy atom. The average molecular weight is 320 g/mol. The number of sulfonamides is 1. The van der Waals surface area contributed by atoms with Gasteiger partial charge in [-0.05, 0) is 11.6 Å². The zero-order valence-electron chi connectivity index (χ0n) is 9.47. The SMILES string of the molecule is CS(=O)(=O)N1CCOC(c2ccccc2Br)C1. The van der Waals surface area contributed by atoms with Gasteiger partial charge in [0.1, 0.15) is 0 Å². The molecule has 1 unspecified atom stereocenters. The van der Waals surface area contributed by atoms with Crippen molar-refractivity contribution in [2.75, 3.05) is 26.0 Å². The number of rotatable bonds is 2. The van der Waals surface area contributed by atoms with Gasteiger partial charge in [-0.25, -0.2) is 8.42 Å². The van der Waals surface area contributed by atoms with Gasteiger partial charge in [0, 0.05) is 17.6 Å². The largest absolute Gasteiger partial charge is 0.371 e. The number of halogens is 1. The van der Waals surface area contributed by atoms with Crippen LogP contribution in [0.4, 0.5) is 0 Å². The summed E-state index contributed by atoms with van der Waals surface area (Å²) in [7, 11) is -3.14. The van der Waals surface area contributed by atoms with Crippen molar-refractivity contribution < 1.29 is 13.2 Å². The monoisotopic (exact) mass is 319 g/mol. The van der Waals surface area contributed by atoms with Crippen molar-refractivity contribution in [2.45, 2.75) is 6.10 Å². The first-order chi connectivity index (χ1) is 7.98. The molecule has 0 spiro atoms. The van der Waals surface area contributed by atoms with Gasteiger partial charge in [-0.2, -0.15) is 4.31 Å². The Kier molecular flexibility index (Phi) is 3.87. The molecule has 0 N–H and O–H groups in total. The van der Waals surface area contributed by atoms with Gasteiger partial charge in [0.15, 0.2) is 0 Å². The van der Waals surface area contributed by atoms with E-state index in [-0.39, 0.29) is 6.10 Å². The van der Waals surface area contributed by atoms with Crippen LogP contribution in [0.15, 0.2) is 28.7 Å². The molecule has 4 nitrogen and oxygen atoms in total. The van der Waals surface area contributed by atoms with E-state index in [0.29, 0.717) is 19.7 Å². The Hall–Kier alpha value is -0.430. The number of morpholine rings is 1. The zero-order valence-corrected chi connectivity index (χ0v) is 11.9. The standard InChI is InChI=1S/C11H14BrNO3S/c1-17(14,15)13-6-7-16-11(8-13)9-4-2-3-5-10(9)12/h2-5,11H,6-8H2,1H3. The minimum absolute atomic E-state index is 0.200. The quantitative estimate of drug-likeness (QED) is 0.834. The van der Waals surface area contributed by atoms with E-state index in [1.54, 1.807) is 0 Å². The second kappa shape index (κ2) is 5.06. The van der Waals surface area contributed by atoms with Crippen LogP contribution in [-0.2, 0) is 14.8 Å². The van der Waals surface area contributed by atoms with Gasteiger partial charge in [0.25, 0.3) is 0 Å². The third kappa shape index (κ3) is 3.07.